The van der Waals surface area contributed by atoms with Gasteiger partial charge in [0.05, 0.1) is 15.6 Å². The lowest BCUT2D eigenvalue weighted by atomic mass is 10.1. The summed E-state index contributed by atoms with van der Waals surface area (Å²) in [6, 6.07) is 11.5. The van der Waals surface area contributed by atoms with Crippen molar-refractivity contribution < 1.29 is 19.8 Å². The fraction of sp³-hybridized carbons (Fsp3) is 0.333. The average Bonchev–Trinajstić information content (AvgIpc) is 2.82. The van der Waals surface area contributed by atoms with E-state index in [0.717, 1.165) is 51.3 Å². The van der Waals surface area contributed by atoms with E-state index in [2.05, 4.69) is 20.1 Å². The quantitative estimate of drug-likeness (QED) is 0.432. The van der Waals surface area contributed by atoms with E-state index in [1.54, 1.807) is 12.1 Å². The molecular formula is C24H27Cl2FN4O3. The van der Waals surface area contributed by atoms with Crippen LogP contribution in [0.15, 0.2) is 42.5 Å². The minimum atomic E-state index is -1.12. The second kappa shape index (κ2) is 11.7. The minimum Gasteiger partial charge on any atom is -0.477 e. The van der Waals surface area contributed by atoms with Crippen molar-refractivity contribution in [1.82, 2.24) is 9.88 Å². The summed E-state index contributed by atoms with van der Waals surface area (Å²) < 4.78 is 13.1. The van der Waals surface area contributed by atoms with Gasteiger partial charge in [0.25, 0.3) is 0 Å². The van der Waals surface area contributed by atoms with Crippen LogP contribution in [0.3, 0.4) is 0 Å². The summed E-state index contributed by atoms with van der Waals surface area (Å²) in [6.45, 7) is 5.44. The number of halogens is 3. The third-order valence-electron chi connectivity index (χ3n) is 5.86. The van der Waals surface area contributed by atoms with Gasteiger partial charge in [-0.15, -0.1) is 0 Å². The number of fused-ring (bicyclic) bond motifs is 1. The van der Waals surface area contributed by atoms with Crippen molar-refractivity contribution in [2.45, 2.75) is 12.8 Å². The largest absolute Gasteiger partial charge is 0.477 e. The van der Waals surface area contributed by atoms with E-state index < -0.39 is 5.97 Å². The summed E-state index contributed by atoms with van der Waals surface area (Å²) in [6.07, 6.45) is 1.93. The summed E-state index contributed by atoms with van der Waals surface area (Å²) in [5.41, 5.74) is 1.99. The molecule has 34 heavy (non-hydrogen) atoms. The van der Waals surface area contributed by atoms with Crippen LogP contribution in [0.4, 0.5) is 15.8 Å². The van der Waals surface area contributed by atoms with Crippen LogP contribution in [-0.2, 0) is 0 Å². The normalized spacial score (nSPS) is 14.1. The van der Waals surface area contributed by atoms with Crippen molar-refractivity contribution in [3.8, 4) is 0 Å². The number of aromatic nitrogens is 1. The fourth-order valence-corrected chi connectivity index (χ4v) is 4.54. The number of benzene rings is 2. The number of unbranched alkanes of at least 4 members (excludes halogenated alkanes) is 1. The Labute approximate surface area is 207 Å². The zero-order valence-electron chi connectivity index (χ0n) is 18.5. The highest BCUT2D eigenvalue weighted by molar-refractivity contribution is 6.41. The predicted molar refractivity (Wildman–Crippen MR) is 135 cm³/mol. The lowest BCUT2D eigenvalue weighted by molar-refractivity contribution is 0.0691. The van der Waals surface area contributed by atoms with Crippen molar-refractivity contribution in [3.05, 3.63) is 64.0 Å². The molecule has 4 N–H and O–H groups in total. The number of piperazine rings is 1. The van der Waals surface area contributed by atoms with Crippen molar-refractivity contribution in [2.24, 2.45) is 0 Å². The monoisotopic (exact) mass is 508 g/mol. The number of anilines is 2. The number of nitrogens with one attached hydrogen (secondary N) is 1. The van der Waals surface area contributed by atoms with Gasteiger partial charge >= 0.3 is 5.97 Å². The number of hydrogen-bond acceptors (Lipinski definition) is 5. The Balaban J connectivity index is 0.00000324. The van der Waals surface area contributed by atoms with Gasteiger partial charge in [-0.3, -0.25) is 4.90 Å². The number of pyridine rings is 1. The maximum atomic E-state index is 13.1. The molecule has 0 saturated carbocycles. The van der Waals surface area contributed by atoms with Crippen molar-refractivity contribution in [3.63, 3.8) is 0 Å². The van der Waals surface area contributed by atoms with Gasteiger partial charge < -0.3 is 20.8 Å². The molecule has 1 aliphatic heterocycles. The van der Waals surface area contributed by atoms with E-state index in [4.69, 9.17) is 23.2 Å². The van der Waals surface area contributed by atoms with E-state index in [9.17, 15) is 14.3 Å². The molecule has 0 aliphatic carbocycles. The molecule has 3 aromatic rings. The summed E-state index contributed by atoms with van der Waals surface area (Å²) in [4.78, 5) is 20.3. The molecule has 0 atom stereocenters. The van der Waals surface area contributed by atoms with Gasteiger partial charge in [-0.05, 0) is 61.9 Å². The summed E-state index contributed by atoms with van der Waals surface area (Å²) >= 11 is 12.6. The highest BCUT2D eigenvalue weighted by atomic mass is 35.5. The van der Waals surface area contributed by atoms with Crippen LogP contribution in [0.25, 0.3) is 10.9 Å². The molecule has 0 bridgehead atoms. The van der Waals surface area contributed by atoms with E-state index in [1.807, 2.05) is 12.1 Å². The van der Waals surface area contributed by atoms with Crippen LogP contribution in [0.1, 0.15) is 23.3 Å². The van der Waals surface area contributed by atoms with E-state index >= 15 is 0 Å². The maximum absolute atomic E-state index is 13.1. The molecule has 1 aliphatic rings. The molecule has 0 radical (unpaired) electrons. The first-order valence-corrected chi connectivity index (χ1v) is 11.7. The van der Waals surface area contributed by atoms with Crippen LogP contribution in [0.2, 0.25) is 10.0 Å². The molecule has 182 valence electrons. The smallest absolute Gasteiger partial charge is 0.354 e. The van der Waals surface area contributed by atoms with Gasteiger partial charge in [0.2, 0.25) is 0 Å². The molecule has 10 heteroatoms. The third-order valence-corrected chi connectivity index (χ3v) is 6.48. The molecule has 0 spiro atoms. The molecule has 2 aromatic carbocycles. The molecule has 1 fully saturated rings. The summed E-state index contributed by atoms with van der Waals surface area (Å²) in [5, 5.41) is 14.2. The third kappa shape index (κ3) is 6.07. The molecule has 1 saturated heterocycles. The standard InChI is InChI=1S/C24H25Cl2FN4O2.H2O/c25-18-7-8-19(26)23-22(18)20(15-21(29-23)24(32)33)28-9-1-2-10-30-11-13-31(14-12-30)17-5-3-16(27)4-6-17;/h3-8,15H,1-2,9-14H2,(H,28,29)(H,32,33);1H2. The fourth-order valence-electron chi connectivity index (χ4n) is 4.08. The van der Waals surface area contributed by atoms with E-state index in [1.165, 1.54) is 18.2 Å². The number of rotatable bonds is 8. The Morgan fingerprint density at radius 3 is 2.38 bits per heavy atom. The van der Waals surface area contributed by atoms with Gasteiger partial charge in [-0.1, -0.05) is 23.2 Å². The number of aromatic carboxylic acids is 1. The van der Waals surface area contributed by atoms with E-state index in [-0.39, 0.29) is 17.0 Å². The van der Waals surface area contributed by atoms with Gasteiger partial charge in [0.15, 0.2) is 5.69 Å². The van der Waals surface area contributed by atoms with Crippen molar-refractivity contribution in [1.29, 1.82) is 0 Å². The maximum Gasteiger partial charge on any atom is 0.354 e. The van der Waals surface area contributed by atoms with Crippen molar-refractivity contribution >= 4 is 51.4 Å². The highest BCUT2D eigenvalue weighted by Crippen LogP contribution is 2.34. The predicted octanol–water partition coefficient (Wildman–Crippen LogP) is 4.57. The number of hydrogen-bond donors (Lipinski definition) is 2. The molecule has 2 heterocycles. The molecule has 1 aromatic heterocycles. The van der Waals surface area contributed by atoms with Crippen LogP contribution in [0.5, 0.6) is 0 Å². The Morgan fingerprint density at radius 1 is 1.03 bits per heavy atom. The van der Waals surface area contributed by atoms with Gasteiger partial charge in [-0.2, -0.15) is 0 Å². The topological polar surface area (TPSA) is 100 Å². The van der Waals surface area contributed by atoms with Crippen LogP contribution in [0, 0.1) is 5.82 Å². The summed E-state index contributed by atoms with van der Waals surface area (Å²) in [7, 11) is 0. The minimum absolute atomic E-state index is 0. The first-order valence-electron chi connectivity index (χ1n) is 10.9. The first kappa shape index (κ1) is 26.0. The first-order chi connectivity index (χ1) is 15.9. The molecular weight excluding hydrogens is 482 g/mol. The second-order valence-corrected chi connectivity index (χ2v) is 8.87. The SMILES string of the molecule is O.O=C(O)c1cc(NCCCCN2CCN(c3ccc(F)cc3)CC2)c2c(Cl)ccc(Cl)c2n1. The molecule has 0 unspecified atom stereocenters. The Bertz CT molecular complexity index is 1140. The molecule has 4 rings (SSSR count). The number of carboxylic acid groups (broad SMARTS) is 1. The van der Waals surface area contributed by atoms with Crippen molar-refractivity contribution in [2.75, 3.05) is 49.5 Å². The highest BCUT2D eigenvalue weighted by Gasteiger charge is 2.18. The van der Waals surface area contributed by atoms with Gasteiger partial charge in [0, 0.05) is 49.5 Å². The molecule has 7 nitrogen and oxygen atoms in total. The lowest BCUT2D eigenvalue weighted by Gasteiger charge is -2.36. The number of carbonyl (C=O) groups is 1. The van der Waals surface area contributed by atoms with Gasteiger partial charge in [-0.25, -0.2) is 14.2 Å². The van der Waals surface area contributed by atoms with E-state index in [0.29, 0.717) is 33.2 Å². The summed E-state index contributed by atoms with van der Waals surface area (Å²) in [5.74, 6) is -1.33. The Hall–Kier alpha value is -2.65. The molecule has 0 amide bonds. The Kier molecular flexibility index (Phi) is 8.90. The second-order valence-electron chi connectivity index (χ2n) is 8.05. The van der Waals surface area contributed by atoms with Crippen LogP contribution in [-0.4, -0.2) is 65.7 Å². The average molecular weight is 509 g/mol. The zero-order chi connectivity index (χ0) is 23.4. The lowest BCUT2D eigenvalue weighted by Crippen LogP contribution is -2.46. The number of nitrogens with zero attached hydrogens (tertiary/aromatic N) is 3. The Morgan fingerprint density at radius 2 is 1.71 bits per heavy atom. The zero-order valence-corrected chi connectivity index (χ0v) is 20.0. The number of carboxylic acids is 1. The van der Waals surface area contributed by atoms with Gasteiger partial charge in [0.1, 0.15) is 5.82 Å². The van der Waals surface area contributed by atoms with Crippen LogP contribution >= 0.6 is 23.2 Å². The van der Waals surface area contributed by atoms with Crippen LogP contribution < -0.4 is 10.2 Å².